The third kappa shape index (κ3) is 5.34. The van der Waals surface area contributed by atoms with E-state index in [4.69, 9.17) is 9.72 Å². The average molecular weight is 425 g/mol. The van der Waals surface area contributed by atoms with Gasteiger partial charge in [-0.25, -0.2) is 9.78 Å². The molecule has 0 unspecified atom stereocenters. The smallest absolute Gasteiger partial charge is 0.340 e. The minimum atomic E-state index is -0.415. The van der Waals surface area contributed by atoms with Crippen LogP contribution in [0.5, 0.6) is 0 Å². The number of nitrogens with one attached hydrogen (secondary N) is 2. The van der Waals surface area contributed by atoms with E-state index in [1.54, 1.807) is 19.1 Å². The van der Waals surface area contributed by atoms with Gasteiger partial charge in [0.15, 0.2) is 0 Å². The van der Waals surface area contributed by atoms with Crippen molar-refractivity contribution in [2.75, 3.05) is 30.4 Å². The average Bonchev–Trinajstić information content (AvgIpc) is 3.27. The van der Waals surface area contributed by atoms with E-state index in [9.17, 15) is 9.59 Å². The Balaban J connectivity index is 1.84. The molecule has 0 fully saturated rings. The van der Waals surface area contributed by atoms with Crippen molar-refractivity contribution in [1.29, 1.82) is 0 Å². The van der Waals surface area contributed by atoms with Gasteiger partial charge in [0.2, 0.25) is 0 Å². The van der Waals surface area contributed by atoms with Gasteiger partial charge in [-0.3, -0.25) is 4.79 Å². The standard InChI is InChI=1S/C24H32N4O3/c1-5-7-8-9-10-13-28(4)21-12-11-19-22(27-21)18(23(29)26-19)15-20-17(14-16(3)25-20)24(30)31-6-2/h11-12,14-15,25H,5-10,13H2,1-4H3,(H,26,29)/b18-15-. The minimum Gasteiger partial charge on any atom is -0.462 e. The SMILES string of the molecule is CCCCCCCN(C)c1ccc2c(n1)/C(=C/c1[nH]c(C)cc1C(=O)OCC)C(=O)N2. The second-order valence-corrected chi connectivity index (χ2v) is 7.91. The summed E-state index contributed by atoms with van der Waals surface area (Å²) in [6, 6.07) is 5.54. The van der Waals surface area contributed by atoms with Crippen LogP contribution in [0.15, 0.2) is 18.2 Å². The predicted octanol–water partition coefficient (Wildman–Crippen LogP) is 4.79. The molecule has 0 saturated carbocycles. The Kier molecular flexibility index (Phi) is 7.50. The van der Waals surface area contributed by atoms with Crippen molar-refractivity contribution in [3.05, 3.63) is 40.8 Å². The Hall–Kier alpha value is -3.09. The first-order valence-electron chi connectivity index (χ1n) is 11.1. The van der Waals surface area contributed by atoms with Gasteiger partial charge in [0.05, 0.1) is 29.1 Å². The highest BCUT2D eigenvalue weighted by atomic mass is 16.5. The van der Waals surface area contributed by atoms with Crippen LogP contribution in [0.25, 0.3) is 11.6 Å². The monoisotopic (exact) mass is 424 g/mol. The van der Waals surface area contributed by atoms with Gasteiger partial charge in [-0.2, -0.15) is 0 Å². The first-order chi connectivity index (χ1) is 14.9. The number of amides is 1. The molecule has 1 aliphatic rings. The molecule has 31 heavy (non-hydrogen) atoms. The van der Waals surface area contributed by atoms with Crippen molar-refractivity contribution < 1.29 is 14.3 Å². The van der Waals surface area contributed by atoms with E-state index in [2.05, 4.69) is 22.1 Å². The number of anilines is 2. The maximum absolute atomic E-state index is 12.6. The van der Waals surface area contributed by atoms with E-state index in [0.29, 0.717) is 28.2 Å². The summed E-state index contributed by atoms with van der Waals surface area (Å²) in [5.41, 5.74) is 3.48. The van der Waals surface area contributed by atoms with E-state index in [-0.39, 0.29) is 12.5 Å². The molecule has 3 rings (SSSR count). The zero-order valence-corrected chi connectivity index (χ0v) is 18.9. The summed E-state index contributed by atoms with van der Waals surface area (Å²) in [5, 5.41) is 2.86. The first-order valence-corrected chi connectivity index (χ1v) is 11.1. The number of unbranched alkanes of at least 4 members (excludes halogenated alkanes) is 4. The van der Waals surface area contributed by atoms with Gasteiger partial charge in [0, 0.05) is 19.3 Å². The van der Waals surface area contributed by atoms with Gasteiger partial charge >= 0.3 is 5.97 Å². The lowest BCUT2D eigenvalue weighted by molar-refractivity contribution is -0.110. The van der Waals surface area contributed by atoms with Crippen LogP contribution in [0.1, 0.15) is 73.4 Å². The van der Waals surface area contributed by atoms with Gasteiger partial charge < -0.3 is 19.9 Å². The number of carbonyl (C=O) groups is 2. The number of pyridine rings is 1. The first kappa shape index (κ1) is 22.6. The van der Waals surface area contributed by atoms with Crippen LogP contribution < -0.4 is 10.2 Å². The number of aryl methyl sites for hydroxylation is 1. The number of carbonyl (C=O) groups excluding carboxylic acids is 2. The van der Waals surface area contributed by atoms with E-state index < -0.39 is 5.97 Å². The second-order valence-electron chi connectivity index (χ2n) is 7.91. The predicted molar refractivity (Wildman–Crippen MR) is 124 cm³/mol. The fourth-order valence-electron chi connectivity index (χ4n) is 3.71. The van der Waals surface area contributed by atoms with E-state index >= 15 is 0 Å². The van der Waals surface area contributed by atoms with Crippen LogP contribution in [-0.4, -0.2) is 42.0 Å². The molecule has 0 atom stereocenters. The van der Waals surface area contributed by atoms with E-state index in [1.165, 1.54) is 25.7 Å². The number of rotatable bonds is 10. The molecule has 2 aromatic heterocycles. The summed E-state index contributed by atoms with van der Waals surface area (Å²) in [5.74, 6) is 0.177. The highest BCUT2D eigenvalue weighted by Gasteiger charge is 2.27. The number of esters is 1. The van der Waals surface area contributed by atoms with Gasteiger partial charge in [-0.05, 0) is 44.5 Å². The van der Waals surface area contributed by atoms with Crippen LogP contribution in [-0.2, 0) is 9.53 Å². The highest BCUT2D eigenvalue weighted by molar-refractivity contribution is 6.34. The maximum Gasteiger partial charge on any atom is 0.340 e. The summed E-state index contributed by atoms with van der Waals surface area (Å²) in [6.45, 7) is 7.04. The molecule has 0 bridgehead atoms. The maximum atomic E-state index is 12.6. The molecule has 2 aromatic rings. The van der Waals surface area contributed by atoms with Crippen molar-refractivity contribution >= 4 is 35.0 Å². The molecular weight excluding hydrogens is 392 g/mol. The number of hydrogen-bond donors (Lipinski definition) is 2. The number of aromatic amines is 1. The van der Waals surface area contributed by atoms with Crippen LogP contribution in [0.3, 0.4) is 0 Å². The number of nitrogens with zero attached hydrogens (tertiary/aromatic N) is 2. The van der Waals surface area contributed by atoms with Crippen LogP contribution in [0, 0.1) is 6.92 Å². The van der Waals surface area contributed by atoms with Gasteiger partial charge in [0.25, 0.3) is 5.91 Å². The van der Waals surface area contributed by atoms with Crippen molar-refractivity contribution in [3.8, 4) is 0 Å². The third-order valence-corrected chi connectivity index (χ3v) is 5.38. The molecule has 1 amide bonds. The molecule has 0 aliphatic carbocycles. The third-order valence-electron chi connectivity index (χ3n) is 5.38. The lowest BCUT2D eigenvalue weighted by Crippen LogP contribution is -2.19. The Morgan fingerprint density at radius 3 is 2.71 bits per heavy atom. The number of fused-ring (bicyclic) bond motifs is 1. The summed E-state index contributed by atoms with van der Waals surface area (Å²) < 4.78 is 5.14. The Bertz CT molecular complexity index is 977. The number of H-pyrrole nitrogens is 1. The summed E-state index contributed by atoms with van der Waals surface area (Å²) >= 11 is 0. The molecule has 0 radical (unpaired) electrons. The van der Waals surface area contributed by atoms with Crippen molar-refractivity contribution in [1.82, 2.24) is 9.97 Å². The fourth-order valence-corrected chi connectivity index (χ4v) is 3.71. The quantitative estimate of drug-likeness (QED) is 0.325. The van der Waals surface area contributed by atoms with Gasteiger partial charge in [-0.15, -0.1) is 0 Å². The van der Waals surface area contributed by atoms with Gasteiger partial charge in [0.1, 0.15) is 11.5 Å². The summed E-state index contributed by atoms with van der Waals surface area (Å²) in [7, 11) is 2.02. The lowest BCUT2D eigenvalue weighted by Gasteiger charge is -2.18. The lowest BCUT2D eigenvalue weighted by atomic mass is 10.1. The molecule has 3 heterocycles. The normalized spacial score (nSPS) is 13.9. The molecule has 1 aliphatic heterocycles. The summed E-state index contributed by atoms with van der Waals surface area (Å²) in [6.07, 6.45) is 7.76. The van der Waals surface area contributed by atoms with E-state index in [1.807, 2.05) is 26.1 Å². The topological polar surface area (TPSA) is 87.3 Å². The van der Waals surface area contributed by atoms with Crippen molar-refractivity contribution in [3.63, 3.8) is 0 Å². The zero-order valence-electron chi connectivity index (χ0n) is 18.9. The van der Waals surface area contributed by atoms with Crippen molar-refractivity contribution in [2.24, 2.45) is 0 Å². The van der Waals surface area contributed by atoms with E-state index in [0.717, 1.165) is 24.5 Å². The minimum absolute atomic E-state index is 0.232. The molecule has 166 valence electrons. The van der Waals surface area contributed by atoms with Crippen molar-refractivity contribution in [2.45, 2.75) is 52.9 Å². The summed E-state index contributed by atoms with van der Waals surface area (Å²) in [4.78, 5) is 35.0. The Labute approximate surface area is 183 Å². The molecule has 7 nitrogen and oxygen atoms in total. The second kappa shape index (κ2) is 10.3. The highest BCUT2D eigenvalue weighted by Crippen LogP contribution is 2.33. The Morgan fingerprint density at radius 2 is 1.97 bits per heavy atom. The molecule has 0 saturated heterocycles. The molecule has 7 heteroatoms. The van der Waals surface area contributed by atoms with Crippen LogP contribution in [0.2, 0.25) is 0 Å². The Morgan fingerprint density at radius 1 is 1.19 bits per heavy atom. The molecular formula is C24H32N4O3. The van der Waals surface area contributed by atoms with Crippen LogP contribution >= 0.6 is 0 Å². The largest absolute Gasteiger partial charge is 0.462 e. The van der Waals surface area contributed by atoms with Crippen LogP contribution in [0.4, 0.5) is 11.5 Å². The molecule has 2 N–H and O–H groups in total. The number of hydrogen-bond acceptors (Lipinski definition) is 5. The molecule has 0 spiro atoms. The zero-order chi connectivity index (χ0) is 22.4. The molecule has 0 aromatic carbocycles. The number of ether oxygens (including phenoxy) is 1. The fraction of sp³-hybridized carbons (Fsp3) is 0.458. The number of aromatic nitrogens is 2. The van der Waals surface area contributed by atoms with Gasteiger partial charge in [-0.1, -0.05) is 32.6 Å².